The minimum Gasteiger partial charge on any atom is -0.491 e. The monoisotopic (exact) mass is 361 g/mol. The quantitative estimate of drug-likeness (QED) is 0.792. The maximum absolute atomic E-state index is 12.1. The lowest BCUT2D eigenvalue weighted by atomic mass is 10.2. The molecule has 1 aromatic heterocycles. The van der Waals surface area contributed by atoms with E-state index in [2.05, 4.69) is 15.6 Å². The van der Waals surface area contributed by atoms with E-state index in [-0.39, 0.29) is 24.5 Å². The first kappa shape index (κ1) is 18.9. The Bertz CT molecular complexity index is 723. The number of hydrogen-bond donors (Lipinski definition) is 2. The lowest BCUT2D eigenvalue weighted by Gasteiger charge is -2.10. The van der Waals surface area contributed by atoms with Crippen LogP contribution in [0.4, 0.5) is 5.13 Å². The average Bonchev–Trinajstić information content (AvgIpc) is 3.01. The molecule has 0 saturated heterocycles. The molecule has 2 N–H and O–H groups in total. The van der Waals surface area contributed by atoms with Crippen molar-refractivity contribution in [1.29, 1.82) is 0 Å². The second-order valence-corrected chi connectivity index (χ2v) is 7.01. The number of amides is 2. The molecule has 2 aromatic rings. The largest absolute Gasteiger partial charge is 0.491 e. The Kier molecular flexibility index (Phi) is 6.52. The van der Waals surface area contributed by atoms with Crippen molar-refractivity contribution in [3.63, 3.8) is 0 Å². The first-order chi connectivity index (χ1) is 11.8. The predicted molar refractivity (Wildman–Crippen MR) is 99.4 cm³/mol. The molecule has 0 saturated carbocycles. The second-order valence-electron chi connectivity index (χ2n) is 6.15. The van der Waals surface area contributed by atoms with Gasteiger partial charge in [0, 0.05) is 10.9 Å². The van der Waals surface area contributed by atoms with Gasteiger partial charge in [-0.05, 0) is 44.0 Å². The smallest absolute Gasteiger partial charge is 0.251 e. The molecule has 0 bridgehead atoms. The first-order valence-corrected chi connectivity index (χ1v) is 9.03. The summed E-state index contributed by atoms with van der Waals surface area (Å²) in [7, 11) is 0. The molecule has 0 unspecified atom stereocenters. The number of thiazole rings is 1. The maximum atomic E-state index is 12.1. The summed E-state index contributed by atoms with van der Waals surface area (Å²) in [6.07, 6.45) is 0.0745. The van der Waals surface area contributed by atoms with Gasteiger partial charge in [-0.3, -0.25) is 9.59 Å². The zero-order chi connectivity index (χ0) is 18.4. The molecule has 2 rings (SSSR count). The highest BCUT2D eigenvalue weighted by atomic mass is 32.1. The van der Waals surface area contributed by atoms with Gasteiger partial charge in [-0.15, -0.1) is 11.3 Å². The average molecular weight is 361 g/mol. The van der Waals surface area contributed by atoms with Crippen LogP contribution in [0.5, 0.6) is 5.75 Å². The Balaban J connectivity index is 1.83. The fourth-order valence-corrected chi connectivity index (χ4v) is 2.88. The van der Waals surface area contributed by atoms with Crippen molar-refractivity contribution in [1.82, 2.24) is 10.3 Å². The fourth-order valence-electron chi connectivity index (χ4n) is 1.99. The summed E-state index contributed by atoms with van der Waals surface area (Å²) in [4.78, 5) is 28.3. The topological polar surface area (TPSA) is 80.3 Å². The van der Waals surface area contributed by atoms with Crippen molar-refractivity contribution in [3.05, 3.63) is 40.9 Å². The van der Waals surface area contributed by atoms with Crippen LogP contribution in [0.15, 0.2) is 29.6 Å². The van der Waals surface area contributed by atoms with Gasteiger partial charge in [-0.2, -0.15) is 0 Å². The molecule has 0 aliphatic carbocycles. The van der Waals surface area contributed by atoms with E-state index in [0.717, 1.165) is 5.69 Å². The van der Waals surface area contributed by atoms with Crippen molar-refractivity contribution >= 4 is 28.3 Å². The number of anilines is 1. The van der Waals surface area contributed by atoms with E-state index in [1.165, 1.54) is 11.3 Å². The Morgan fingerprint density at radius 1 is 1.16 bits per heavy atom. The highest BCUT2D eigenvalue weighted by molar-refractivity contribution is 7.13. The van der Waals surface area contributed by atoms with Crippen LogP contribution >= 0.6 is 11.3 Å². The van der Waals surface area contributed by atoms with Gasteiger partial charge in [0.2, 0.25) is 5.91 Å². The molecule has 0 atom stereocenters. The van der Waals surface area contributed by atoms with Crippen molar-refractivity contribution in [2.24, 2.45) is 0 Å². The Morgan fingerprint density at radius 2 is 1.84 bits per heavy atom. The Morgan fingerprint density at radius 3 is 2.40 bits per heavy atom. The summed E-state index contributed by atoms with van der Waals surface area (Å²) in [6, 6.07) is 6.80. The summed E-state index contributed by atoms with van der Waals surface area (Å²) in [5.74, 6) is 0.393. The summed E-state index contributed by atoms with van der Waals surface area (Å²) in [5.41, 5.74) is 1.41. The molecule has 0 aliphatic heterocycles. The Hall–Kier alpha value is -2.41. The molecule has 0 fully saturated rings. The van der Waals surface area contributed by atoms with E-state index in [4.69, 9.17) is 4.74 Å². The molecule has 2 amide bonds. The van der Waals surface area contributed by atoms with Crippen LogP contribution in [0.25, 0.3) is 0 Å². The van der Waals surface area contributed by atoms with Crippen molar-refractivity contribution in [2.45, 2.75) is 39.7 Å². The van der Waals surface area contributed by atoms with Gasteiger partial charge >= 0.3 is 0 Å². The van der Waals surface area contributed by atoms with Gasteiger partial charge < -0.3 is 15.4 Å². The molecule has 1 heterocycles. The normalized spacial score (nSPS) is 10.8. The van der Waals surface area contributed by atoms with E-state index in [1.54, 1.807) is 24.3 Å². The maximum Gasteiger partial charge on any atom is 0.251 e. The SMILES string of the molecule is CC(C)Oc1ccc(C(=O)NCC(=O)Nc2nc(C(C)C)cs2)cc1. The molecule has 134 valence electrons. The predicted octanol–water partition coefficient (Wildman–Crippen LogP) is 3.42. The summed E-state index contributed by atoms with van der Waals surface area (Å²) < 4.78 is 5.53. The molecule has 0 radical (unpaired) electrons. The molecule has 7 heteroatoms. The highest BCUT2D eigenvalue weighted by Gasteiger charge is 2.11. The molecule has 0 spiro atoms. The third-order valence-corrected chi connectivity index (χ3v) is 4.03. The van der Waals surface area contributed by atoms with Crippen LogP contribution in [0, 0.1) is 0 Å². The summed E-state index contributed by atoms with van der Waals surface area (Å²) in [6.45, 7) is 7.84. The van der Waals surface area contributed by atoms with Gasteiger partial charge in [0.15, 0.2) is 5.13 Å². The molecule has 25 heavy (non-hydrogen) atoms. The van der Waals surface area contributed by atoms with E-state index >= 15 is 0 Å². The number of benzene rings is 1. The van der Waals surface area contributed by atoms with Crippen molar-refractivity contribution in [2.75, 3.05) is 11.9 Å². The molecule has 6 nitrogen and oxygen atoms in total. The zero-order valence-electron chi connectivity index (χ0n) is 14.8. The molecule has 1 aromatic carbocycles. The van der Waals surface area contributed by atoms with Crippen molar-refractivity contribution in [3.8, 4) is 5.75 Å². The number of hydrogen-bond acceptors (Lipinski definition) is 5. The van der Waals surface area contributed by atoms with Crippen LogP contribution < -0.4 is 15.4 Å². The standard InChI is InChI=1S/C18H23N3O3S/c1-11(2)15-10-25-18(20-15)21-16(22)9-19-17(23)13-5-7-14(8-6-13)24-12(3)4/h5-8,10-12H,9H2,1-4H3,(H,19,23)(H,20,21,22). The lowest BCUT2D eigenvalue weighted by Crippen LogP contribution is -2.32. The summed E-state index contributed by atoms with van der Waals surface area (Å²) in [5, 5.41) is 7.74. The lowest BCUT2D eigenvalue weighted by molar-refractivity contribution is -0.115. The number of rotatable bonds is 7. The van der Waals surface area contributed by atoms with Gasteiger partial charge in [-0.25, -0.2) is 4.98 Å². The number of nitrogens with zero attached hydrogens (tertiary/aromatic N) is 1. The summed E-state index contributed by atoms with van der Waals surface area (Å²) >= 11 is 1.37. The van der Waals surface area contributed by atoms with Gasteiger partial charge in [-0.1, -0.05) is 13.8 Å². The minimum absolute atomic E-state index is 0.0745. The third kappa shape index (κ3) is 5.86. The Labute approximate surface area is 151 Å². The van der Waals surface area contributed by atoms with Gasteiger partial charge in [0.25, 0.3) is 5.91 Å². The number of ether oxygens (including phenoxy) is 1. The first-order valence-electron chi connectivity index (χ1n) is 8.15. The highest BCUT2D eigenvalue weighted by Crippen LogP contribution is 2.21. The van der Waals surface area contributed by atoms with Crippen molar-refractivity contribution < 1.29 is 14.3 Å². The van der Waals surface area contributed by atoms with E-state index in [0.29, 0.717) is 22.4 Å². The van der Waals surface area contributed by atoms with Crippen LogP contribution in [-0.2, 0) is 4.79 Å². The van der Waals surface area contributed by atoms with Gasteiger partial charge in [0.05, 0.1) is 18.3 Å². The van der Waals surface area contributed by atoms with E-state index in [9.17, 15) is 9.59 Å². The number of aromatic nitrogens is 1. The number of carbonyl (C=O) groups is 2. The second kappa shape index (κ2) is 8.62. The van der Waals surface area contributed by atoms with E-state index in [1.807, 2.05) is 33.1 Å². The number of nitrogens with one attached hydrogen (secondary N) is 2. The van der Waals surface area contributed by atoms with E-state index < -0.39 is 0 Å². The van der Waals surface area contributed by atoms with Crippen LogP contribution in [0.2, 0.25) is 0 Å². The molecule has 0 aliphatic rings. The fraction of sp³-hybridized carbons (Fsp3) is 0.389. The third-order valence-electron chi connectivity index (χ3n) is 3.26. The van der Waals surface area contributed by atoms with Crippen LogP contribution in [-0.4, -0.2) is 29.4 Å². The van der Waals surface area contributed by atoms with Crippen LogP contribution in [0.3, 0.4) is 0 Å². The zero-order valence-corrected chi connectivity index (χ0v) is 15.6. The van der Waals surface area contributed by atoms with Gasteiger partial charge in [0.1, 0.15) is 5.75 Å². The molecular formula is C18H23N3O3S. The molecular weight excluding hydrogens is 338 g/mol. The van der Waals surface area contributed by atoms with Crippen LogP contribution in [0.1, 0.15) is 49.7 Å². The number of carbonyl (C=O) groups excluding carboxylic acids is 2. The minimum atomic E-state index is -0.312.